The molecule has 1 fully saturated rings. The molecule has 1 aromatic carbocycles. The number of rotatable bonds is 3. The number of aryl methyl sites for hydroxylation is 1. The summed E-state index contributed by atoms with van der Waals surface area (Å²) in [7, 11) is 0. The zero-order valence-corrected chi connectivity index (χ0v) is 14.6. The largest absolute Gasteiger partial charge is 0.351 e. The highest BCUT2D eigenvalue weighted by Gasteiger charge is 2.17. The molecule has 0 amide bonds. The molecule has 5 rings (SSSR count). The number of anilines is 1. The minimum atomic E-state index is 0.461. The van der Waals surface area contributed by atoms with Crippen molar-refractivity contribution in [1.82, 2.24) is 29.9 Å². The SMILES string of the molecule is Cc1ccc2cc(-n3nnc4cnc(NC5CCCC5)nc43)cnc2c1. The summed E-state index contributed by atoms with van der Waals surface area (Å²) >= 11 is 0. The van der Waals surface area contributed by atoms with E-state index >= 15 is 0 Å². The van der Waals surface area contributed by atoms with Crippen LogP contribution in [0.2, 0.25) is 0 Å². The van der Waals surface area contributed by atoms with Gasteiger partial charge in [0.1, 0.15) is 0 Å². The third-order valence-corrected chi connectivity index (χ3v) is 4.95. The van der Waals surface area contributed by atoms with Gasteiger partial charge >= 0.3 is 0 Å². The van der Waals surface area contributed by atoms with Gasteiger partial charge in [0.2, 0.25) is 5.95 Å². The Morgan fingerprint density at radius 2 is 1.92 bits per heavy atom. The van der Waals surface area contributed by atoms with E-state index in [-0.39, 0.29) is 0 Å². The number of pyridine rings is 1. The summed E-state index contributed by atoms with van der Waals surface area (Å²) in [4.78, 5) is 13.6. The fraction of sp³-hybridized carbons (Fsp3) is 0.316. The third kappa shape index (κ3) is 2.65. The van der Waals surface area contributed by atoms with Crippen LogP contribution in [0.4, 0.5) is 5.95 Å². The molecular formula is C19H19N7. The van der Waals surface area contributed by atoms with E-state index in [0.717, 1.165) is 16.6 Å². The molecule has 0 bridgehead atoms. The highest BCUT2D eigenvalue weighted by Crippen LogP contribution is 2.23. The maximum absolute atomic E-state index is 4.66. The third-order valence-electron chi connectivity index (χ3n) is 4.95. The van der Waals surface area contributed by atoms with Gasteiger partial charge in [-0.2, -0.15) is 9.67 Å². The molecular weight excluding hydrogens is 326 g/mol. The molecule has 7 heteroatoms. The lowest BCUT2D eigenvalue weighted by Gasteiger charge is -2.11. The Bertz CT molecular complexity index is 1100. The van der Waals surface area contributed by atoms with Gasteiger partial charge in [-0.05, 0) is 37.5 Å². The van der Waals surface area contributed by atoms with Crippen molar-refractivity contribution < 1.29 is 0 Å². The van der Waals surface area contributed by atoms with Gasteiger partial charge in [0.05, 0.1) is 23.6 Å². The average Bonchev–Trinajstić information content (AvgIpc) is 3.31. The molecule has 0 saturated heterocycles. The maximum atomic E-state index is 4.66. The summed E-state index contributed by atoms with van der Waals surface area (Å²) in [5.41, 5.74) is 4.37. The molecule has 3 heterocycles. The number of hydrogen-bond donors (Lipinski definition) is 1. The fourth-order valence-corrected chi connectivity index (χ4v) is 3.56. The quantitative estimate of drug-likeness (QED) is 0.613. The van der Waals surface area contributed by atoms with Crippen LogP contribution in [0.1, 0.15) is 31.2 Å². The molecule has 4 aromatic rings. The van der Waals surface area contributed by atoms with E-state index in [1.807, 2.05) is 6.20 Å². The number of aromatic nitrogens is 6. The monoisotopic (exact) mass is 345 g/mol. The minimum absolute atomic E-state index is 0.461. The Hall–Kier alpha value is -3.09. The summed E-state index contributed by atoms with van der Waals surface area (Å²) in [6.45, 7) is 2.07. The summed E-state index contributed by atoms with van der Waals surface area (Å²) in [5.74, 6) is 0.636. The van der Waals surface area contributed by atoms with Gasteiger partial charge < -0.3 is 5.32 Å². The number of hydrogen-bond acceptors (Lipinski definition) is 6. The van der Waals surface area contributed by atoms with Crippen LogP contribution >= 0.6 is 0 Å². The normalized spacial score (nSPS) is 15.1. The zero-order valence-electron chi connectivity index (χ0n) is 14.6. The molecule has 1 aliphatic rings. The molecule has 1 saturated carbocycles. The number of fused-ring (bicyclic) bond motifs is 2. The standard InChI is InChI=1S/C19H19N7/c1-12-6-7-13-9-15(10-20-16(13)8-12)26-18-17(24-25-26)11-21-19(23-18)22-14-4-2-3-5-14/h6-11,14H,2-5H2,1H3,(H,21,22,23). The van der Waals surface area contributed by atoms with E-state index in [1.54, 1.807) is 10.9 Å². The lowest BCUT2D eigenvalue weighted by molar-refractivity contribution is 0.744. The molecule has 0 aliphatic heterocycles. The second kappa shape index (κ2) is 6.01. The first kappa shape index (κ1) is 15.2. The summed E-state index contributed by atoms with van der Waals surface area (Å²) < 4.78 is 1.73. The van der Waals surface area contributed by atoms with E-state index in [1.165, 1.54) is 31.2 Å². The van der Waals surface area contributed by atoms with Gasteiger partial charge in [0.15, 0.2) is 11.2 Å². The van der Waals surface area contributed by atoms with Crippen molar-refractivity contribution in [2.24, 2.45) is 0 Å². The number of benzene rings is 1. The first-order chi connectivity index (χ1) is 12.8. The van der Waals surface area contributed by atoms with Crippen LogP contribution in [0.15, 0.2) is 36.7 Å². The molecule has 0 unspecified atom stereocenters. The van der Waals surface area contributed by atoms with Crippen molar-refractivity contribution in [3.05, 3.63) is 42.2 Å². The molecule has 3 aromatic heterocycles. The van der Waals surface area contributed by atoms with Crippen molar-refractivity contribution in [3.8, 4) is 5.69 Å². The maximum Gasteiger partial charge on any atom is 0.225 e. The fourth-order valence-electron chi connectivity index (χ4n) is 3.56. The Kier molecular flexibility index (Phi) is 3.51. The molecule has 1 N–H and O–H groups in total. The predicted octanol–water partition coefficient (Wildman–Crippen LogP) is 3.42. The van der Waals surface area contributed by atoms with Crippen molar-refractivity contribution in [2.75, 3.05) is 5.32 Å². The van der Waals surface area contributed by atoms with E-state index < -0.39 is 0 Å². The molecule has 7 nitrogen and oxygen atoms in total. The van der Waals surface area contributed by atoms with Gasteiger partial charge in [-0.3, -0.25) is 4.98 Å². The Labute approximate surface area is 150 Å². The molecule has 26 heavy (non-hydrogen) atoms. The van der Waals surface area contributed by atoms with Crippen molar-refractivity contribution >= 4 is 28.0 Å². The summed E-state index contributed by atoms with van der Waals surface area (Å²) in [6.07, 6.45) is 8.41. The first-order valence-corrected chi connectivity index (χ1v) is 8.98. The number of nitrogens with one attached hydrogen (secondary N) is 1. The molecule has 1 aliphatic carbocycles. The van der Waals surface area contributed by atoms with Crippen molar-refractivity contribution in [2.45, 2.75) is 38.6 Å². The van der Waals surface area contributed by atoms with Crippen LogP contribution in [-0.2, 0) is 0 Å². The van der Waals surface area contributed by atoms with Crippen molar-refractivity contribution in [1.29, 1.82) is 0 Å². The van der Waals surface area contributed by atoms with Crippen LogP contribution in [0, 0.1) is 6.92 Å². The lowest BCUT2D eigenvalue weighted by atomic mass is 10.1. The molecule has 0 radical (unpaired) electrons. The van der Waals surface area contributed by atoms with Gasteiger partial charge in [-0.25, -0.2) is 4.98 Å². The van der Waals surface area contributed by atoms with Gasteiger partial charge in [0, 0.05) is 11.4 Å². The predicted molar refractivity (Wildman–Crippen MR) is 100 cm³/mol. The van der Waals surface area contributed by atoms with Crippen LogP contribution in [0.5, 0.6) is 0 Å². The van der Waals surface area contributed by atoms with E-state index in [0.29, 0.717) is 23.2 Å². The van der Waals surface area contributed by atoms with Crippen LogP contribution < -0.4 is 5.32 Å². The van der Waals surface area contributed by atoms with Gasteiger partial charge in [-0.15, -0.1) is 5.10 Å². The topological polar surface area (TPSA) is 81.4 Å². The van der Waals surface area contributed by atoms with Gasteiger partial charge in [-0.1, -0.05) is 30.2 Å². The molecule has 0 spiro atoms. The minimum Gasteiger partial charge on any atom is -0.351 e. The number of nitrogens with zero attached hydrogens (tertiary/aromatic N) is 6. The Balaban J connectivity index is 1.56. The van der Waals surface area contributed by atoms with Crippen LogP contribution in [0.25, 0.3) is 27.8 Å². The lowest BCUT2D eigenvalue weighted by Crippen LogP contribution is -2.16. The second-order valence-electron chi connectivity index (χ2n) is 6.92. The van der Waals surface area contributed by atoms with Gasteiger partial charge in [0.25, 0.3) is 0 Å². The van der Waals surface area contributed by atoms with E-state index in [9.17, 15) is 0 Å². The highest BCUT2D eigenvalue weighted by atomic mass is 15.4. The molecule has 130 valence electrons. The average molecular weight is 345 g/mol. The second-order valence-corrected chi connectivity index (χ2v) is 6.92. The van der Waals surface area contributed by atoms with E-state index in [4.69, 9.17) is 0 Å². The Morgan fingerprint density at radius 3 is 2.81 bits per heavy atom. The smallest absolute Gasteiger partial charge is 0.225 e. The molecule has 0 atom stereocenters. The van der Waals surface area contributed by atoms with Crippen molar-refractivity contribution in [3.63, 3.8) is 0 Å². The summed E-state index contributed by atoms with van der Waals surface area (Å²) in [5, 5.41) is 12.9. The first-order valence-electron chi connectivity index (χ1n) is 8.98. The summed E-state index contributed by atoms with van der Waals surface area (Å²) in [6, 6.07) is 8.75. The van der Waals surface area contributed by atoms with Crippen LogP contribution in [-0.4, -0.2) is 36.0 Å². The van der Waals surface area contributed by atoms with E-state index in [2.05, 4.69) is 61.8 Å². The highest BCUT2D eigenvalue weighted by molar-refractivity contribution is 5.81. The van der Waals surface area contributed by atoms with Crippen LogP contribution in [0.3, 0.4) is 0 Å². The zero-order chi connectivity index (χ0) is 17.5. The Morgan fingerprint density at radius 1 is 1.04 bits per heavy atom.